The zero-order valence-electron chi connectivity index (χ0n) is 22.7. The van der Waals surface area contributed by atoms with E-state index in [9.17, 15) is 13.6 Å². The Balaban J connectivity index is 1.05. The van der Waals surface area contributed by atoms with E-state index in [1.165, 1.54) is 12.3 Å². The molecule has 7 aliphatic rings. The van der Waals surface area contributed by atoms with Gasteiger partial charge in [-0.1, -0.05) is 17.3 Å². The third-order valence-electron chi connectivity index (χ3n) is 10.8. The fourth-order valence-corrected chi connectivity index (χ4v) is 8.28. The van der Waals surface area contributed by atoms with Gasteiger partial charge in [-0.15, -0.1) is 0 Å². The number of pyridine rings is 1. The lowest BCUT2D eigenvalue weighted by molar-refractivity contribution is -0.215. The van der Waals surface area contributed by atoms with E-state index in [1.54, 1.807) is 6.07 Å². The van der Waals surface area contributed by atoms with Crippen molar-refractivity contribution >= 4 is 11.6 Å². The summed E-state index contributed by atoms with van der Waals surface area (Å²) in [6.45, 7) is 0.649. The van der Waals surface area contributed by atoms with Gasteiger partial charge in [-0.2, -0.15) is 4.98 Å². The summed E-state index contributed by atoms with van der Waals surface area (Å²) < 4.78 is 33.6. The number of alkyl halides is 1. The molecule has 7 fully saturated rings. The molecule has 0 unspecified atom stereocenters. The zero-order valence-corrected chi connectivity index (χ0v) is 22.7. The second-order valence-corrected chi connectivity index (χ2v) is 13.8. The van der Waals surface area contributed by atoms with Crippen LogP contribution in [0.3, 0.4) is 0 Å². The van der Waals surface area contributed by atoms with Gasteiger partial charge in [0.15, 0.2) is 5.82 Å². The molecule has 10 rings (SSSR count). The zero-order chi connectivity index (χ0) is 27.2. The standard InChI is InChI=1S/C32H34F2N4O2/c33-23-6-7-25(35-16-23)22-2-1-3-24(14-22)38(26(39)15-30-17-32(34,18-30)19-30)20-29-8-11-31(12-9-29,13-10-29)28-36-27(37-40-28)21-4-5-21/h1-3,6-7,14,16,21H,4-5,8-13,15,17-20H2. The smallest absolute Gasteiger partial charge is 0.232 e. The number of hydrogen-bond acceptors (Lipinski definition) is 5. The summed E-state index contributed by atoms with van der Waals surface area (Å²) in [7, 11) is 0. The van der Waals surface area contributed by atoms with Crippen LogP contribution in [0.25, 0.3) is 11.3 Å². The van der Waals surface area contributed by atoms with Crippen molar-refractivity contribution in [1.82, 2.24) is 15.1 Å². The Morgan fingerprint density at radius 3 is 2.40 bits per heavy atom. The minimum atomic E-state index is -1.03. The number of aromatic nitrogens is 3. The second kappa shape index (κ2) is 8.43. The van der Waals surface area contributed by atoms with Gasteiger partial charge in [-0.05, 0) is 106 Å². The van der Waals surface area contributed by atoms with Crippen LogP contribution in [-0.2, 0) is 10.2 Å². The van der Waals surface area contributed by atoms with Crippen LogP contribution < -0.4 is 4.90 Å². The monoisotopic (exact) mass is 544 g/mol. The number of amides is 1. The summed E-state index contributed by atoms with van der Waals surface area (Å²) >= 11 is 0. The van der Waals surface area contributed by atoms with Crippen LogP contribution in [0, 0.1) is 16.6 Å². The van der Waals surface area contributed by atoms with Crippen LogP contribution in [0.1, 0.15) is 94.7 Å². The molecule has 8 heteroatoms. The molecule has 0 spiro atoms. The number of halogens is 2. The molecule has 4 bridgehead atoms. The molecule has 7 saturated carbocycles. The first-order valence-corrected chi connectivity index (χ1v) is 14.8. The quantitative estimate of drug-likeness (QED) is 0.304. The van der Waals surface area contributed by atoms with Crippen LogP contribution in [0.2, 0.25) is 0 Å². The highest BCUT2D eigenvalue weighted by atomic mass is 19.1. The Hall–Kier alpha value is -3.16. The number of carbonyl (C=O) groups excluding carboxylic acids is 1. The molecule has 208 valence electrons. The highest BCUT2D eigenvalue weighted by molar-refractivity contribution is 5.95. The first-order chi connectivity index (χ1) is 19.3. The molecule has 0 aliphatic heterocycles. The van der Waals surface area contributed by atoms with Crippen molar-refractivity contribution in [2.24, 2.45) is 10.8 Å². The maximum absolute atomic E-state index is 14.3. The highest BCUT2D eigenvalue weighted by Gasteiger charge is 2.69. The Morgan fingerprint density at radius 1 is 1.00 bits per heavy atom. The van der Waals surface area contributed by atoms with Crippen molar-refractivity contribution in [1.29, 1.82) is 0 Å². The lowest BCUT2D eigenvalue weighted by Crippen LogP contribution is -2.65. The van der Waals surface area contributed by atoms with E-state index in [2.05, 4.69) is 10.1 Å². The Kier molecular flexibility index (Phi) is 5.19. The van der Waals surface area contributed by atoms with Gasteiger partial charge in [0, 0.05) is 35.5 Å². The van der Waals surface area contributed by atoms with Gasteiger partial charge in [0.05, 0.1) is 11.9 Å². The topological polar surface area (TPSA) is 72.1 Å². The molecule has 3 aromatic rings. The molecule has 7 aliphatic carbocycles. The first-order valence-electron chi connectivity index (χ1n) is 14.8. The van der Waals surface area contributed by atoms with Gasteiger partial charge in [0.1, 0.15) is 11.5 Å². The molecule has 0 saturated heterocycles. The van der Waals surface area contributed by atoms with E-state index in [0.717, 1.165) is 74.3 Å². The predicted molar refractivity (Wildman–Crippen MR) is 145 cm³/mol. The number of rotatable bonds is 8. The van der Waals surface area contributed by atoms with Gasteiger partial charge < -0.3 is 9.42 Å². The van der Waals surface area contributed by atoms with Crippen molar-refractivity contribution in [2.45, 2.75) is 94.1 Å². The minimum absolute atomic E-state index is 0.0294. The Morgan fingerprint density at radius 2 is 1.75 bits per heavy atom. The van der Waals surface area contributed by atoms with Crippen LogP contribution in [-0.4, -0.2) is 33.2 Å². The fourth-order valence-electron chi connectivity index (χ4n) is 8.28. The van der Waals surface area contributed by atoms with E-state index < -0.39 is 5.67 Å². The summed E-state index contributed by atoms with van der Waals surface area (Å²) in [6, 6.07) is 10.9. The van der Waals surface area contributed by atoms with Crippen LogP contribution in [0.15, 0.2) is 47.1 Å². The van der Waals surface area contributed by atoms with E-state index in [1.807, 2.05) is 29.2 Å². The molecule has 40 heavy (non-hydrogen) atoms. The first kappa shape index (κ1) is 24.6. The number of anilines is 1. The molecule has 0 atom stereocenters. The molecule has 1 amide bonds. The SMILES string of the molecule is O=C(CC12CC(F)(C1)C2)N(CC12CCC(c3nc(C4CC4)no3)(CC1)CC2)c1cccc(-c2ccc(F)cn2)c1. The van der Waals surface area contributed by atoms with Gasteiger partial charge in [0.25, 0.3) is 0 Å². The number of hydrogen-bond donors (Lipinski definition) is 0. The van der Waals surface area contributed by atoms with E-state index in [-0.39, 0.29) is 28.0 Å². The average Bonchev–Trinajstić information content (AvgIpc) is 3.67. The molecule has 1 aromatic carbocycles. The lowest BCUT2D eigenvalue weighted by Gasteiger charge is -2.66. The van der Waals surface area contributed by atoms with Crippen LogP contribution in [0.5, 0.6) is 0 Å². The maximum Gasteiger partial charge on any atom is 0.232 e. The van der Waals surface area contributed by atoms with Crippen molar-refractivity contribution in [3.8, 4) is 11.3 Å². The third kappa shape index (κ3) is 4.00. The summed E-state index contributed by atoms with van der Waals surface area (Å²) in [5.41, 5.74) is 1.14. The fraction of sp³-hybridized carbons (Fsp3) is 0.562. The number of nitrogens with zero attached hydrogens (tertiary/aromatic N) is 4. The van der Waals surface area contributed by atoms with E-state index >= 15 is 0 Å². The summed E-state index contributed by atoms with van der Waals surface area (Å²) in [5.74, 6) is 1.87. The molecule has 6 nitrogen and oxygen atoms in total. The van der Waals surface area contributed by atoms with E-state index in [0.29, 0.717) is 43.8 Å². The third-order valence-corrected chi connectivity index (χ3v) is 10.8. The lowest BCUT2D eigenvalue weighted by atomic mass is 9.41. The predicted octanol–water partition coefficient (Wildman–Crippen LogP) is 7.06. The second-order valence-electron chi connectivity index (χ2n) is 13.8. The normalized spacial score (nSPS) is 33.8. The largest absolute Gasteiger partial charge is 0.339 e. The van der Waals surface area contributed by atoms with Crippen LogP contribution >= 0.6 is 0 Å². The molecule has 2 aromatic heterocycles. The van der Waals surface area contributed by atoms with Crippen molar-refractivity contribution in [3.05, 3.63) is 60.1 Å². The van der Waals surface area contributed by atoms with Gasteiger partial charge in [0.2, 0.25) is 11.8 Å². The Bertz CT molecular complexity index is 1440. The summed E-state index contributed by atoms with van der Waals surface area (Å²) in [6.07, 6.45) is 11.5. The molecular weight excluding hydrogens is 510 g/mol. The number of fused-ring (bicyclic) bond motifs is 3. The highest BCUT2D eigenvalue weighted by Crippen LogP contribution is 2.71. The van der Waals surface area contributed by atoms with Gasteiger partial charge >= 0.3 is 0 Å². The number of benzene rings is 1. The van der Waals surface area contributed by atoms with Crippen LogP contribution in [0.4, 0.5) is 14.5 Å². The van der Waals surface area contributed by atoms with Crippen molar-refractivity contribution < 1.29 is 18.1 Å². The maximum atomic E-state index is 14.3. The minimum Gasteiger partial charge on any atom is -0.339 e. The average molecular weight is 545 g/mol. The Labute approximate surface area is 232 Å². The molecule has 0 N–H and O–H groups in total. The van der Waals surface area contributed by atoms with Gasteiger partial charge in [-0.3, -0.25) is 9.78 Å². The van der Waals surface area contributed by atoms with Crippen molar-refractivity contribution in [3.63, 3.8) is 0 Å². The van der Waals surface area contributed by atoms with Crippen molar-refractivity contribution in [2.75, 3.05) is 11.4 Å². The molecular formula is C32H34F2N4O2. The summed E-state index contributed by atoms with van der Waals surface area (Å²) in [4.78, 5) is 25.0. The number of carbonyl (C=O) groups is 1. The molecule has 0 radical (unpaired) electrons. The van der Waals surface area contributed by atoms with Gasteiger partial charge in [-0.25, -0.2) is 8.78 Å². The molecule has 2 heterocycles. The van der Waals surface area contributed by atoms with E-state index in [4.69, 9.17) is 9.51 Å². The summed E-state index contributed by atoms with van der Waals surface area (Å²) in [5, 5.41) is 4.29.